The second-order valence-corrected chi connectivity index (χ2v) is 3.88. The summed E-state index contributed by atoms with van der Waals surface area (Å²) in [5, 5.41) is 0. The predicted molar refractivity (Wildman–Crippen MR) is 61.7 cm³/mol. The Kier molecular flexibility index (Phi) is 4.47. The van der Waals surface area contributed by atoms with E-state index >= 15 is 0 Å². The molecule has 0 radical (unpaired) electrons. The van der Waals surface area contributed by atoms with Gasteiger partial charge in [0.2, 0.25) is 0 Å². The molecule has 0 N–H and O–H groups in total. The van der Waals surface area contributed by atoms with E-state index < -0.39 is 0 Å². The van der Waals surface area contributed by atoms with Gasteiger partial charge in [0.15, 0.2) is 0 Å². The smallest absolute Gasteiger partial charge is 0.00666 e. The lowest BCUT2D eigenvalue weighted by atomic mass is 9.76. The summed E-state index contributed by atoms with van der Waals surface area (Å²) < 4.78 is 0. The first-order valence-electron chi connectivity index (χ1n) is 4.57. The summed E-state index contributed by atoms with van der Waals surface area (Å²) in [4.78, 5) is 0. The molecule has 0 aromatic carbocycles. The molecule has 0 spiro atoms. The molecule has 1 aliphatic rings. The molecule has 0 heteroatoms. The molecule has 0 atom stereocenters. The highest BCUT2D eigenvalue weighted by atomic mass is 14.3. The third-order valence-corrected chi connectivity index (χ3v) is 2.22. The Bertz CT molecular complexity index is 239. The van der Waals surface area contributed by atoms with Gasteiger partial charge in [0, 0.05) is 0 Å². The number of rotatable bonds is 1. The minimum absolute atomic E-state index is 0.292. The molecule has 0 saturated carbocycles. The van der Waals surface area contributed by atoms with Gasteiger partial charge in [-0.15, -0.1) is 13.2 Å². The lowest BCUT2D eigenvalue weighted by molar-refractivity contribution is 0.455. The fourth-order valence-electron chi connectivity index (χ4n) is 1.58. The van der Waals surface area contributed by atoms with E-state index in [1.807, 2.05) is 0 Å². The second-order valence-electron chi connectivity index (χ2n) is 3.88. The maximum Gasteiger partial charge on any atom is -0.00666 e. The van der Waals surface area contributed by atoms with Crippen LogP contribution in [0.3, 0.4) is 0 Å². The zero-order chi connectivity index (χ0) is 10.5. The Balaban J connectivity index is 0.000000671. The van der Waals surface area contributed by atoms with E-state index in [1.54, 1.807) is 0 Å². The van der Waals surface area contributed by atoms with Crippen LogP contribution in [-0.2, 0) is 0 Å². The molecule has 0 nitrogen and oxygen atoms in total. The molecule has 0 unspecified atom stereocenters. The Morgan fingerprint density at radius 2 is 1.92 bits per heavy atom. The van der Waals surface area contributed by atoms with Crippen LogP contribution in [0.15, 0.2) is 49.1 Å². The highest BCUT2D eigenvalue weighted by molar-refractivity contribution is 5.38. The van der Waals surface area contributed by atoms with Crippen molar-refractivity contribution in [1.82, 2.24) is 0 Å². The van der Waals surface area contributed by atoms with E-state index in [2.05, 4.69) is 58.7 Å². The van der Waals surface area contributed by atoms with Crippen molar-refractivity contribution < 1.29 is 0 Å². The van der Waals surface area contributed by atoms with Crippen LogP contribution in [0.25, 0.3) is 0 Å². The number of hydrogen-bond acceptors (Lipinski definition) is 0. The molecule has 13 heavy (non-hydrogen) atoms. The third-order valence-electron chi connectivity index (χ3n) is 2.22. The zero-order valence-electron chi connectivity index (χ0n) is 9.06. The van der Waals surface area contributed by atoms with Gasteiger partial charge in [-0.25, -0.2) is 0 Å². The van der Waals surface area contributed by atoms with E-state index in [1.165, 1.54) is 11.1 Å². The molecule has 0 fully saturated rings. The number of allylic oxidation sites excluding steroid dienone is 5. The van der Waals surface area contributed by atoms with Crippen LogP contribution in [-0.4, -0.2) is 0 Å². The van der Waals surface area contributed by atoms with Crippen LogP contribution in [0.2, 0.25) is 0 Å². The van der Waals surface area contributed by atoms with E-state index in [0.29, 0.717) is 5.41 Å². The van der Waals surface area contributed by atoms with Crippen molar-refractivity contribution in [3.8, 4) is 0 Å². The molecule has 0 amide bonds. The monoisotopic (exact) mass is 176 g/mol. The van der Waals surface area contributed by atoms with Gasteiger partial charge < -0.3 is 0 Å². The van der Waals surface area contributed by atoms with Crippen LogP contribution < -0.4 is 0 Å². The van der Waals surface area contributed by atoms with Gasteiger partial charge in [-0.2, -0.15) is 0 Å². The van der Waals surface area contributed by atoms with Crippen molar-refractivity contribution in [1.29, 1.82) is 0 Å². The van der Waals surface area contributed by atoms with Gasteiger partial charge in [0.1, 0.15) is 0 Å². The second kappa shape index (κ2) is 4.86. The van der Waals surface area contributed by atoms with Gasteiger partial charge >= 0.3 is 0 Å². The molecule has 0 saturated heterocycles. The molecule has 1 aliphatic carbocycles. The summed E-state index contributed by atoms with van der Waals surface area (Å²) in [7, 11) is 0. The maximum atomic E-state index is 3.97. The molecule has 0 aromatic rings. The van der Waals surface area contributed by atoms with Gasteiger partial charge in [0.25, 0.3) is 0 Å². The Hall–Kier alpha value is -1.04. The summed E-state index contributed by atoms with van der Waals surface area (Å²) in [5.41, 5.74) is 2.87. The van der Waals surface area contributed by atoms with Crippen molar-refractivity contribution in [3.63, 3.8) is 0 Å². The topological polar surface area (TPSA) is 0 Å². The third kappa shape index (κ3) is 3.06. The lowest BCUT2D eigenvalue weighted by Gasteiger charge is -2.29. The predicted octanol–water partition coefficient (Wildman–Crippen LogP) is 4.28. The minimum Gasteiger partial charge on any atom is -0.106 e. The molecular formula is C13H20. The fraction of sp³-hybridized carbons (Fsp3) is 0.385. The van der Waals surface area contributed by atoms with Crippen molar-refractivity contribution in [2.24, 2.45) is 5.41 Å². The van der Waals surface area contributed by atoms with Gasteiger partial charge in [-0.1, -0.05) is 44.2 Å². The zero-order valence-corrected chi connectivity index (χ0v) is 9.06. The molecule has 0 bridgehead atoms. The molecule has 72 valence electrons. The number of hydrogen-bond donors (Lipinski definition) is 0. The standard InChI is InChI=1S/C11H16.C2H4/c1-9(2)10-7-5-6-8-11(10,3)4;1-2/h5-7H,1,8H2,2-4H3;1-2H2. The summed E-state index contributed by atoms with van der Waals surface area (Å²) in [6, 6.07) is 0. The van der Waals surface area contributed by atoms with E-state index in [0.717, 1.165) is 6.42 Å². The maximum absolute atomic E-state index is 3.97. The normalized spacial score (nSPS) is 18.2. The largest absolute Gasteiger partial charge is 0.106 e. The van der Waals surface area contributed by atoms with Crippen molar-refractivity contribution in [2.75, 3.05) is 0 Å². The fourth-order valence-corrected chi connectivity index (χ4v) is 1.58. The van der Waals surface area contributed by atoms with Crippen molar-refractivity contribution in [3.05, 3.63) is 49.1 Å². The molecule has 0 aromatic heterocycles. The summed E-state index contributed by atoms with van der Waals surface area (Å²) in [5.74, 6) is 0. The van der Waals surface area contributed by atoms with Crippen LogP contribution in [0.4, 0.5) is 0 Å². The Labute approximate surface area is 82.4 Å². The SMILES string of the molecule is C=C.C=C(C)C1=CC=CCC1(C)C. The van der Waals surface area contributed by atoms with Crippen LogP contribution >= 0.6 is 0 Å². The quantitative estimate of drug-likeness (QED) is 0.523. The Morgan fingerprint density at radius 3 is 2.23 bits per heavy atom. The van der Waals surface area contributed by atoms with Crippen LogP contribution in [0.1, 0.15) is 27.2 Å². The van der Waals surface area contributed by atoms with Crippen LogP contribution in [0, 0.1) is 5.41 Å². The summed E-state index contributed by atoms with van der Waals surface area (Å²) >= 11 is 0. The molecule has 0 heterocycles. The van der Waals surface area contributed by atoms with Crippen LogP contribution in [0.5, 0.6) is 0 Å². The molecular weight excluding hydrogens is 156 g/mol. The van der Waals surface area contributed by atoms with E-state index in [-0.39, 0.29) is 0 Å². The van der Waals surface area contributed by atoms with Gasteiger partial charge in [0.05, 0.1) is 0 Å². The average molecular weight is 176 g/mol. The summed E-state index contributed by atoms with van der Waals surface area (Å²) in [6.45, 7) is 16.6. The van der Waals surface area contributed by atoms with Gasteiger partial charge in [-0.05, 0) is 24.3 Å². The van der Waals surface area contributed by atoms with Gasteiger partial charge in [-0.3, -0.25) is 0 Å². The highest BCUT2D eigenvalue weighted by Crippen LogP contribution is 2.36. The lowest BCUT2D eigenvalue weighted by Crippen LogP contribution is -2.16. The van der Waals surface area contributed by atoms with Crippen molar-refractivity contribution >= 4 is 0 Å². The summed E-state index contributed by atoms with van der Waals surface area (Å²) in [6.07, 6.45) is 7.64. The highest BCUT2D eigenvalue weighted by Gasteiger charge is 2.23. The first-order valence-corrected chi connectivity index (χ1v) is 4.57. The minimum atomic E-state index is 0.292. The average Bonchev–Trinajstić information content (AvgIpc) is 2.06. The van der Waals surface area contributed by atoms with E-state index in [4.69, 9.17) is 0 Å². The molecule has 1 rings (SSSR count). The first-order chi connectivity index (χ1) is 6.04. The van der Waals surface area contributed by atoms with E-state index in [9.17, 15) is 0 Å². The Morgan fingerprint density at radius 1 is 1.38 bits per heavy atom. The van der Waals surface area contributed by atoms with Crippen molar-refractivity contribution in [2.45, 2.75) is 27.2 Å². The first kappa shape index (κ1) is 12.0. The molecule has 0 aliphatic heterocycles.